The third-order valence-corrected chi connectivity index (χ3v) is 7.69. The normalized spacial score (nSPS) is 20.5. The maximum Gasteiger partial charge on any atom is 0.416 e. The number of thiazole rings is 1. The van der Waals surface area contributed by atoms with Crippen LogP contribution in [0.5, 0.6) is 5.75 Å². The number of anilines is 1. The number of halogens is 4. The molecule has 40 heavy (non-hydrogen) atoms. The molecule has 208 valence electrons. The van der Waals surface area contributed by atoms with Crippen LogP contribution < -0.4 is 9.64 Å². The number of rotatable bonds is 7. The fourth-order valence-electron chi connectivity index (χ4n) is 5.08. The molecule has 6 nitrogen and oxygen atoms in total. The molecular weight excluding hydrogens is 546 g/mol. The van der Waals surface area contributed by atoms with Gasteiger partial charge in [-0.1, -0.05) is 12.1 Å². The summed E-state index contributed by atoms with van der Waals surface area (Å²) in [5.74, 6) is 0.807. The van der Waals surface area contributed by atoms with Crippen molar-refractivity contribution in [3.63, 3.8) is 0 Å². The first-order valence-electron chi connectivity index (χ1n) is 12.7. The van der Waals surface area contributed by atoms with Crippen LogP contribution in [0.15, 0.2) is 47.8 Å². The molecule has 11 heteroatoms. The summed E-state index contributed by atoms with van der Waals surface area (Å²) >= 11 is 1.05. The Labute approximate surface area is 232 Å². The molecule has 3 aromatic rings. The van der Waals surface area contributed by atoms with Crippen LogP contribution in [-0.2, 0) is 11.0 Å². The fraction of sp³-hybridized carbons (Fsp3) is 0.345. The highest BCUT2D eigenvalue weighted by Crippen LogP contribution is 2.47. The third-order valence-electron chi connectivity index (χ3n) is 6.91. The van der Waals surface area contributed by atoms with E-state index in [0.717, 1.165) is 33.9 Å². The molecule has 0 bridgehead atoms. The summed E-state index contributed by atoms with van der Waals surface area (Å²) in [5.41, 5.74) is -0.310. The Morgan fingerprint density at radius 2 is 1.95 bits per heavy atom. The maximum atomic E-state index is 13.9. The van der Waals surface area contributed by atoms with Crippen LogP contribution in [-0.4, -0.2) is 46.4 Å². The second-order valence-electron chi connectivity index (χ2n) is 10.0. The Morgan fingerprint density at radius 1 is 1.23 bits per heavy atom. The molecule has 2 amide bonds. The van der Waals surface area contributed by atoms with Gasteiger partial charge in [0.25, 0.3) is 5.91 Å². The van der Waals surface area contributed by atoms with Gasteiger partial charge in [-0.15, -0.1) is 17.8 Å². The minimum absolute atomic E-state index is 0.0174. The lowest BCUT2D eigenvalue weighted by Gasteiger charge is -2.29. The smallest absolute Gasteiger partial charge is 0.416 e. The molecule has 0 N–H and O–H groups in total. The van der Waals surface area contributed by atoms with E-state index in [9.17, 15) is 27.2 Å². The summed E-state index contributed by atoms with van der Waals surface area (Å²) in [7, 11) is 0. The first kappa shape index (κ1) is 27.6. The van der Waals surface area contributed by atoms with Crippen molar-refractivity contribution in [1.29, 1.82) is 0 Å². The van der Waals surface area contributed by atoms with Crippen molar-refractivity contribution >= 4 is 28.8 Å². The average Bonchev–Trinajstić information content (AvgIpc) is 3.36. The highest BCUT2D eigenvalue weighted by molar-refractivity contribution is 7.10. The zero-order chi connectivity index (χ0) is 28.8. The van der Waals surface area contributed by atoms with Crippen LogP contribution in [0, 0.1) is 18.2 Å². The molecule has 1 aliphatic carbocycles. The van der Waals surface area contributed by atoms with Crippen LogP contribution in [0.3, 0.4) is 0 Å². The molecule has 5 rings (SSSR count). The van der Waals surface area contributed by atoms with Crippen molar-refractivity contribution in [2.45, 2.75) is 57.0 Å². The molecule has 3 atom stereocenters. The number of nitrogens with zero attached hydrogens (tertiary/aromatic N) is 3. The number of carbonyl (C=O) groups is 2. The van der Waals surface area contributed by atoms with Crippen molar-refractivity contribution in [2.75, 3.05) is 11.4 Å². The van der Waals surface area contributed by atoms with Gasteiger partial charge in [0.15, 0.2) is 5.01 Å². The van der Waals surface area contributed by atoms with Crippen LogP contribution in [0.2, 0.25) is 0 Å². The van der Waals surface area contributed by atoms with Crippen molar-refractivity contribution in [3.8, 4) is 18.1 Å². The highest BCUT2D eigenvalue weighted by atomic mass is 32.1. The molecule has 2 fully saturated rings. The molecule has 0 radical (unpaired) electrons. The van der Waals surface area contributed by atoms with E-state index in [2.05, 4.69) is 10.9 Å². The monoisotopic (exact) mass is 571 g/mol. The first-order chi connectivity index (χ1) is 19.0. The van der Waals surface area contributed by atoms with E-state index in [4.69, 9.17) is 11.2 Å². The molecule has 1 saturated carbocycles. The number of likely N-dealkylation sites (tertiary alicyclic amines) is 1. The van der Waals surface area contributed by atoms with E-state index in [-0.39, 0.29) is 52.2 Å². The van der Waals surface area contributed by atoms with Crippen LogP contribution >= 0.6 is 11.3 Å². The Hall–Kier alpha value is -3.91. The van der Waals surface area contributed by atoms with Crippen molar-refractivity contribution in [2.24, 2.45) is 0 Å². The number of terminal acetylenes is 1. The second-order valence-corrected chi connectivity index (χ2v) is 10.9. The lowest BCUT2D eigenvalue weighted by atomic mass is 10.1. The van der Waals surface area contributed by atoms with Gasteiger partial charge in [0, 0.05) is 35.6 Å². The van der Waals surface area contributed by atoms with E-state index in [0.29, 0.717) is 13.0 Å². The molecule has 2 aromatic carbocycles. The number of carbonyl (C=O) groups excluding carboxylic acids is 2. The predicted molar refractivity (Wildman–Crippen MR) is 142 cm³/mol. The summed E-state index contributed by atoms with van der Waals surface area (Å²) in [5, 5.41) is 1.66. The molecular formula is C29H25F4N3O3S. The van der Waals surface area contributed by atoms with E-state index in [1.54, 1.807) is 30.9 Å². The summed E-state index contributed by atoms with van der Waals surface area (Å²) in [6.45, 7) is 3.66. The minimum Gasteiger partial charge on any atom is -0.491 e. The first-order valence-corrected chi connectivity index (χ1v) is 13.5. The van der Waals surface area contributed by atoms with E-state index in [1.165, 1.54) is 23.6 Å². The van der Waals surface area contributed by atoms with E-state index < -0.39 is 29.8 Å². The van der Waals surface area contributed by atoms with Gasteiger partial charge in [0.2, 0.25) is 5.91 Å². The fourth-order valence-corrected chi connectivity index (χ4v) is 5.67. The Morgan fingerprint density at radius 3 is 2.58 bits per heavy atom. The van der Waals surface area contributed by atoms with Gasteiger partial charge in [0.1, 0.15) is 23.3 Å². The Bertz CT molecular complexity index is 1480. The summed E-state index contributed by atoms with van der Waals surface area (Å²) < 4.78 is 60.6. The predicted octanol–water partition coefficient (Wildman–Crippen LogP) is 5.87. The van der Waals surface area contributed by atoms with Crippen LogP contribution in [0.1, 0.15) is 59.2 Å². The largest absolute Gasteiger partial charge is 0.491 e. The van der Waals surface area contributed by atoms with Crippen molar-refractivity contribution in [3.05, 3.63) is 75.5 Å². The zero-order valence-electron chi connectivity index (χ0n) is 21.6. The van der Waals surface area contributed by atoms with Gasteiger partial charge in [-0.05, 0) is 62.4 Å². The molecule has 1 saturated heterocycles. The standard InChI is InChI=1S/C29H25F4N3O3S/c1-4-26-34-23(15-40-26)27(37)36(20-11-18(29(31,32)33)12-21(13-20)39-16(2)3)24-9-10-35(28(24)38)25-14-22(25)17-5-7-19(30)8-6-17/h1,5-8,11-13,15-16,22,24-25H,9-10,14H2,2-3H3. The number of alkyl halides is 3. The van der Waals surface area contributed by atoms with Gasteiger partial charge in [0.05, 0.1) is 11.7 Å². The van der Waals surface area contributed by atoms with Gasteiger partial charge >= 0.3 is 6.18 Å². The molecule has 1 aliphatic heterocycles. The quantitative estimate of drug-likeness (QED) is 0.263. The third kappa shape index (κ3) is 5.54. The maximum absolute atomic E-state index is 13.9. The number of amides is 2. The Balaban J connectivity index is 1.51. The van der Waals surface area contributed by atoms with Gasteiger partial charge < -0.3 is 9.64 Å². The lowest BCUT2D eigenvalue weighted by molar-refractivity contribution is -0.137. The molecule has 3 unspecified atom stereocenters. The van der Waals surface area contributed by atoms with Crippen molar-refractivity contribution < 1.29 is 31.9 Å². The van der Waals surface area contributed by atoms with Crippen molar-refractivity contribution in [1.82, 2.24) is 9.88 Å². The van der Waals surface area contributed by atoms with Crippen LogP contribution in [0.25, 0.3) is 0 Å². The van der Waals surface area contributed by atoms with Crippen LogP contribution in [0.4, 0.5) is 23.2 Å². The van der Waals surface area contributed by atoms with E-state index in [1.807, 2.05) is 0 Å². The average molecular weight is 572 g/mol. The Kier molecular flexibility index (Phi) is 7.31. The molecule has 2 aliphatic rings. The number of aromatic nitrogens is 1. The number of benzene rings is 2. The topological polar surface area (TPSA) is 62.7 Å². The SMILES string of the molecule is C#Cc1nc(C(=O)N(c2cc(OC(C)C)cc(C(F)(F)F)c2)C2CCN(C3CC3c3ccc(F)cc3)C2=O)cs1. The highest BCUT2D eigenvalue weighted by Gasteiger charge is 2.50. The number of hydrogen-bond acceptors (Lipinski definition) is 5. The van der Waals surface area contributed by atoms with Gasteiger partial charge in [-0.2, -0.15) is 13.2 Å². The van der Waals surface area contributed by atoms with E-state index >= 15 is 0 Å². The zero-order valence-corrected chi connectivity index (χ0v) is 22.4. The summed E-state index contributed by atoms with van der Waals surface area (Å²) in [6.07, 6.45) is 1.13. The second kappa shape index (κ2) is 10.6. The molecule has 0 spiro atoms. The molecule has 2 heterocycles. The lowest BCUT2D eigenvalue weighted by Crippen LogP contribution is -2.46. The van der Waals surface area contributed by atoms with Gasteiger partial charge in [-0.3, -0.25) is 14.5 Å². The summed E-state index contributed by atoms with van der Waals surface area (Å²) in [4.78, 5) is 34.4. The summed E-state index contributed by atoms with van der Waals surface area (Å²) in [6, 6.07) is 7.92. The number of ether oxygens (including phenoxy) is 1. The molecule has 1 aromatic heterocycles. The number of hydrogen-bond donors (Lipinski definition) is 0. The minimum atomic E-state index is -4.72. The van der Waals surface area contributed by atoms with Gasteiger partial charge in [-0.25, -0.2) is 9.37 Å².